The highest BCUT2D eigenvalue weighted by atomic mass is 32.2. The van der Waals surface area contributed by atoms with Crippen LogP contribution < -0.4 is 16.4 Å². The number of carbonyl (C=O) groups is 1. The first-order valence-corrected chi connectivity index (χ1v) is 6.96. The largest absolute Gasteiger partial charge is 0.468 e. The Balaban J connectivity index is 2.93. The van der Waals surface area contributed by atoms with Crippen molar-refractivity contribution in [2.24, 2.45) is 7.05 Å². The third-order valence-electron chi connectivity index (χ3n) is 2.64. The standard InChI is InChI=1S/C11H18N4O4S/c1-5-12-11(2,9(18)19-4)6-20-10-13-7(16)8(17)14-15(10)3/h12H,5-6H2,1-4H3,(H,14,17). The summed E-state index contributed by atoms with van der Waals surface area (Å²) in [5, 5.41) is 5.71. The number of aryl methyl sites for hydroxylation is 1. The van der Waals surface area contributed by atoms with E-state index in [2.05, 4.69) is 15.4 Å². The molecule has 0 aromatic carbocycles. The molecule has 1 aromatic heterocycles. The second-order valence-electron chi connectivity index (χ2n) is 4.34. The fourth-order valence-electron chi connectivity index (χ4n) is 1.60. The van der Waals surface area contributed by atoms with Crippen molar-refractivity contribution in [1.29, 1.82) is 0 Å². The highest BCUT2D eigenvalue weighted by Crippen LogP contribution is 2.20. The second-order valence-corrected chi connectivity index (χ2v) is 5.28. The lowest BCUT2D eigenvalue weighted by Gasteiger charge is -2.26. The number of nitrogens with one attached hydrogen (secondary N) is 2. The van der Waals surface area contributed by atoms with Gasteiger partial charge in [-0.3, -0.25) is 24.2 Å². The lowest BCUT2D eigenvalue weighted by Crippen LogP contribution is -2.52. The van der Waals surface area contributed by atoms with Crippen molar-refractivity contribution in [2.45, 2.75) is 24.5 Å². The van der Waals surface area contributed by atoms with Crippen molar-refractivity contribution >= 4 is 17.7 Å². The van der Waals surface area contributed by atoms with E-state index in [0.29, 0.717) is 17.5 Å². The van der Waals surface area contributed by atoms with E-state index in [9.17, 15) is 14.4 Å². The number of rotatable bonds is 6. The molecule has 1 heterocycles. The zero-order chi connectivity index (χ0) is 15.3. The van der Waals surface area contributed by atoms with Gasteiger partial charge in [-0.05, 0) is 13.5 Å². The Kier molecular flexibility index (Phi) is 5.52. The maximum atomic E-state index is 11.8. The van der Waals surface area contributed by atoms with Crippen LogP contribution in [0.15, 0.2) is 14.7 Å². The van der Waals surface area contributed by atoms with Crippen LogP contribution in [0.2, 0.25) is 0 Å². The molecule has 112 valence electrons. The first kappa shape index (κ1) is 16.4. The summed E-state index contributed by atoms with van der Waals surface area (Å²) in [7, 11) is 2.88. The molecule has 0 bridgehead atoms. The van der Waals surface area contributed by atoms with Crippen LogP contribution in [-0.4, -0.2) is 45.7 Å². The molecule has 0 aliphatic carbocycles. The van der Waals surface area contributed by atoms with Crippen LogP contribution in [0.25, 0.3) is 0 Å². The molecular weight excluding hydrogens is 284 g/mol. The van der Waals surface area contributed by atoms with Gasteiger partial charge in [0.15, 0.2) is 5.16 Å². The number of methoxy groups -OCH3 is 1. The zero-order valence-electron chi connectivity index (χ0n) is 11.8. The SMILES string of the molecule is CCNC(C)(CSc1nc(=O)c(=O)[nH]n1C)C(=O)OC. The van der Waals surface area contributed by atoms with Gasteiger partial charge in [0.1, 0.15) is 5.54 Å². The first-order chi connectivity index (χ1) is 9.34. The van der Waals surface area contributed by atoms with Crippen LogP contribution in [0, 0.1) is 0 Å². The number of aromatic amines is 1. The van der Waals surface area contributed by atoms with E-state index in [1.165, 1.54) is 23.6 Å². The van der Waals surface area contributed by atoms with E-state index >= 15 is 0 Å². The van der Waals surface area contributed by atoms with E-state index in [-0.39, 0.29) is 0 Å². The summed E-state index contributed by atoms with van der Waals surface area (Å²) in [5.41, 5.74) is -2.53. The maximum Gasteiger partial charge on any atom is 0.339 e. The van der Waals surface area contributed by atoms with E-state index in [1.807, 2.05) is 6.92 Å². The van der Waals surface area contributed by atoms with Crippen LogP contribution in [0.1, 0.15) is 13.8 Å². The number of esters is 1. The topological polar surface area (TPSA) is 106 Å². The molecule has 0 spiro atoms. The number of hydrogen-bond donors (Lipinski definition) is 2. The molecule has 0 aliphatic rings. The molecule has 2 N–H and O–H groups in total. The normalized spacial score (nSPS) is 13.8. The average molecular weight is 302 g/mol. The van der Waals surface area contributed by atoms with E-state index in [0.717, 1.165) is 0 Å². The molecule has 0 saturated carbocycles. The zero-order valence-corrected chi connectivity index (χ0v) is 12.7. The fourth-order valence-corrected chi connectivity index (χ4v) is 2.62. The van der Waals surface area contributed by atoms with Gasteiger partial charge < -0.3 is 10.1 Å². The molecule has 0 fully saturated rings. The van der Waals surface area contributed by atoms with Crippen molar-refractivity contribution in [3.05, 3.63) is 20.7 Å². The highest BCUT2D eigenvalue weighted by molar-refractivity contribution is 7.99. The van der Waals surface area contributed by atoms with Gasteiger partial charge in [-0.2, -0.15) is 4.98 Å². The molecular formula is C11H18N4O4S. The molecule has 1 rings (SSSR count). The molecule has 0 saturated heterocycles. The van der Waals surface area contributed by atoms with Crippen LogP contribution in [0.4, 0.5) is 0 Å². The fraction of sp³-hybridized carbons (Fsp3) is 0.636. The Morgan fingerprint density at radius 2 is 2.20 bits per heavy atom. The minimum atomic E-state index is -0.901. The second kappa shape index (κ2) is 6.71. The van der Waals surface area contributed by atoms with Crippen molar-refractivity contribution in [2.75, 3.05) is 19.4 Å². The first-order valence-electron chi connectivity index (χ1n) is 5.97. The molecule has 9 heteroatoms. The van der Waals surface area contributed by atoms with Crippen LogP contribution in [-0.2, 0) is 16.6 Å². The number of aromatic nitrogens is 3. The summed E-state index contributed by atoms with van der Waals surface area (Å²) < 4.78 is 6.11. The minimum absolute atomic E-state index is 0.305. The molecule has 8 nitrogen and oxygen atoms in total. The Morgan fingerprint density at radius 3 is 2.75 bits per heavy atom. The van der Waals surface area contributed by atoms with Gasteiger partial charge in [0, 0.05) is 12.8 Å². The van der Waals surface area contributed by atoms with Gasteiger partial charge in [0.25, 0.3) is 0 Å². The number of likely N-dealkylation sites (N-methyl/N-ethyl adjacent to an activating group) is 1. The van der Waals surface area contributed by atoms with Crippen molar-refractivity contribution < 1.29 is 9.53 Å². The lowest BCUT2D eigenvalue weighted by atomic mass is 10.1. The Morgan fingerprint density at radius 1 is 1.55 bits per heavy atom. The van der Waals surface area contributed by atoms with Gasteiger partial charge in [0.2, 0.25) is 0 Å². The molecule has 0 aliphatic heterocycles. The summed E-state index contributed by atoms with van der Waals surface area (Å²) in [6, 6.07) is 0. The Labute approximate surface area is 119 Å². The van der Waals surface area contributed by atoms with Gasteiger partial charge in [0.05, 0.1) is 7.11 Å². The van der Waals surface area contributed by atoms with E-state index in [4.69, 9.17) is 4.74 Å². The van der Waals surface area contributed by atoms with Crippen LogP contribution in [0.5, 0.6) is 0 Å². The molecule has 0 amide bonds. The van der Waals surface area contributed by atoms with Crippen molar-refractivity contribution in [3.63, 3.8) is 0 Å². The number of hydrogen-bond acceptors (Lipinski definition) is 7. The number of ether oxygens (including phenoxy) is 1. The van der Waals surface area contributed by atoms with E-state index in [1.54, 1.807) is 14.0 Å². The number of H-pyrrole nitrogens is 1. The predicted octanol–water partition coefficient (Wildman–Crippen LogP) is -0.898. The Bertz CT molecular complexity index is 597. The molecule has 1 unspecified atom stereocenters. The summed E-state index contributed by atoms with van der Waals surface area (Å²) >= 11 is 1.18. The van der Waals surface area contributed by atoms with Crippen LogP contribution >= 0.6 is 11.8 Å². The molecule has 1 aromatic rings. The summed E-state index contributed by atoms with van der Waals surface area (Å²) in [6.07, 6.45) is 0. The number of carbonyl (C=O) groups excluding carboxylic acids is 1. The minimum Gasteiger partial charge on any atom is -0.468 e. The number of nitrogens with zero attached hydrogens (tertiary/aromatic N) is 2. The highest BCUT2D eigenvalue weighted by Gasteiger charge is 2.34. The van der Waals surface area contributed by atoms with Crippen molar-refractivity contribution in [3.8, 4) is 0 Å². The molecule has 0 radical (unpaired) electrons. The van der Waals surface area contributed by atoms with Crippen molar-refractivity contribution in [1.82, 2.24) is 20.1 Å². The maximum absolute atomic E-state index is 11.8. The Hall–Kier alpha value is -1.61. The summed E-state index contributed by atoms with van der Waals surface area (Å²) in [4.78, 5) is 37.8. The van der Waals surface area contributed by atoms with Gasteiger partial charge in [-0.25, -0.2) is 0 Å². The average Bonchev–Trinajstić information content (AvgIpc) is 2.40. The lowest BCUT2D eigenvalue weighted by molar-refractivity contribution is -0.146. The summed E-state index contributed by atoms with van der Waals surface area (Å²) in [5.74, 6) is -0.0962. The third kappa shape index (κ3) is 3.70. The van der Waals surface area contributed by atoms with Gasteiger partial charge >= 0.3 is 17.1 Å². The van der Waals surface area contributed by atoms with E-state index < -0.39 is 22.6 Å². The molecule has 1 atom stereocenters. The molecule has 20 heavy (non-hydrogen) atoms. The third-order valence-corrected chi connectivity index (χ3v) is 3.99. The number of thioether (sulfide) groups is 1. The quantitative estimate of drug-likeness (QED) is 0.398. The summed E-state index contributed by atoms with van der Waals surface area (Å²) in [6.45, 7) is 4.17. The predicted molar refractivity (Wildman–Crippen MR) is 74.9 cm³/mol. The monoisotopic (exact) mass is 302 g/mol. The van der Waals surface area contributed by atoms with Gasteiger partial charge in [-0.15, -0.1) is 0 Å². The smallest absolute Gasteiger partial charge is 0.339 e. The van der Waals surface area contributed by atoms with Crippen LogP contribution in [0.3, 0.4) is 0 Å². The van der Waals surface area contributed by atoms with Gasteiger partial charge in [-0.1, -0.05) is 18.7 Å².